The molecule has 1 saturated heterocycles. The van der Waals surface area contributed by atoms with Crippen molar-refractivity contribution in [3.05, 3.63) is 38.5 Å². The number of carbonyl (C=O) groups excluding carboxylic acids is 1. The lowest BCUT2D eigenvalue weighted by Gasteiger charge is -2.42. The Morgan fingerprint density at radius 3 is 2.50 bits per heavy atom. The van der Waals surface area contributed by atoms with E-state index in [1.807, 2.05) is 18.1 Å². The molecule has 1 fully saturated rings. The van der Waals surface area contributed by atoms with Crippen LogP contribution in [0.4, 0.5) is 0 Å². The van der Waals surface area contributed by atoms with Crippen LogP contribution >= 0.6 is 27.5 Å². The first-order valence-corrected chi connectivity index (χ1v) is 8.96. The first-order chi connectivity index (χ1) is 11.3. The Labute approximate surface area is 154 Å². The van der Waals surface area contributed by atoms with Gasteiger partial charge in [0.2, 0.25) is 0 Å². The molecule has 1 amide bonds. The summed E-state index contributed by atoms with van der Waals surface area (Å²) in [6, 6.07) is 3.64. The Morgan fingerprint density at radius 2 is 1.96 bits per heavy atom. The third-order valence-corrected chi connectivity index (χ3v) is 5.90. The first-order valence-electron chi connectivity index (χ1n) is 7.79. The topological polar surface area (TPSA) is 53.0 Å². The maximum Gasteiger partial charge on any atom is 0.258 e. The van der Waals surface area contributed by atoms with E-state index in [2.05, 4.69) is 15.9 Å². The zero-order valence-electron chi connectivity index (χ0n) is 13.9. The van der Waals surface area contributed by atoms with Gasteiger partial charge in [0.25, 0.3) is 5.91 Å². The molecule has 0 bridgehead atoms. The number of rotatable bonds is 2. The number of benzene rings is 1. The summed E-state index contributed by atoms with van der Waals surface area (Å²) in [5.74, 6) is -0.0660. The summed E-state index contributed by atoms with van der Waals surface area (Å²) in [6.45, 7) is 3.19. The average Bonchev–Trinajstić information content (AvgIpc) is 2.71. The maximum atomic E-state index is 12.9. The van der Waals surface area contributed by atoms with Gasteiger partial charge in [0, 0.05) is 30.2 Å². The Kier molecular flexibility index (Phi) is 4.68. The molecule has 3 rings (SSSR count). The summed E-state index contributed by atoms with van der Waals surface area (Å²) in [5, 5.41) is 13.3. The number of aliphatic hydroxyl groups is 1. The molecule has 0 aromatic heterocycles. The Morgan fingerprint density at radius 1 is 1.33 bits per heavy atom. The third kappa shape index (κ3) is 2.56. The highest BCUT2D eigenvalue weighted by Gasteiger charge is 2.52. The van der Waals surface area contributed by atoms with Crippen LogP contribution in [0.3, 0.4) is 0 Å². The van der Waals surface area contributed by atoms with Gasteiger partial charge in [0.1, 0.15) is 11.3 Å². The molecule has 5 nitrogen and oxygen atoms in total. The third-order valence-electron chi connectivity index (χ3n) is 5.15. The number of hydrogen-bond acceptors (Lipinski definition) is 4. The number of carbonyl (C=O) groups is 1. The van der Waals surface area contributed by atoms with E-state index < -0.39 is 5.54 Å². The Hall–Kier alpha value is -1.08. The zero-order valence-corrected chi connectivity index (χ0v) is 16.2. The average molecular weight is 416 g/mol. The van der Waals surface area contributed by atoms with Crippen molar-refractivity contribution in [2.24, 2.45) is 0 Å². The Balaban J connectivity index is 2.10. The maximum absolute atomic E-state index is 12.9. The van der Waals surface area contributed by atoms with Crippen LogP contribution in [-0.2, 0) is 9.63 Å². The van der Waals surface area contributed by atoms with E-state index in [1.54, 1.807) is 25.1 Å². The van der Waals surface area contributed by atoms with Crippen molar-refractivity contribution in [1.29, 1.82) is 0 Å². The minimum Gasteiger partial charge on any atom is -0.509 e. The molecule has 2 aliphatic rings. The standard InChI is InChI=1S/C17H20BrClN2O3/c1-10-8-11(18)9-12(19)13(10)14-15(22)17(20(2)16(14)23)4-6-21(24-3)7-5-17/h8-9,22H,4-7H2,1-3H3. The van der Waals surface area contributed by atoms with Crippen molar-refractivity contribution >= 4 is 39.0 Å². The highest BCUT2D eigenvalue weighted by Crippen LogP contribution is 2.46. The van der Waals surface area contributed by atoms with Gasteiger partial charge in [0.15, 0.2) is 0 Å². The Bertz CT molecular complexity index is 704. The van der Waals surface area contributed by atoms with Gasteiger partial charge in [-0.1, -0.05) is 27.5 Å². The SMILES string of the molecule is CON1CCC2(CC1)C(O)=C(c1c(C)cc(Br)cc1Cl)C(=O)N2C. The molecule has 0 radical (unpaired) electrons. The summed E-state index contributed by atoms with van der Waals surface area (Å²) in [5.41, 5.74) is 1.10. The smallest absolute Gasteiger partial charge is 0.258 e. The first kappa shape index (κ1) is 17.7. The molecule has 0 atom stereocenters. The second kappa shape index (κ2) is 6.33. The van der Waals surface area contributed by atoms with Crippen molar-refractivity contribution in [1.82, 2.24) is 9.96 Å². The molecule has 2 heterocycles. The van der Waals surface area contributed by atoms with Crippen LogP contribution in [0.15, 0.2) is 22.4 Å². The van der Waals surface area contributed by atoms with Gasteiger partial charge in [0.05, 0.1) is 17.7 Å². The molecule has 1 aromatic rings. The molecule has 0 unspecified atom stereocenters. The number of aryl methyl sites for hydroxylation is 1. The van der Waals surface area contributed by atoms with Crippen LogP contribution < -0.4 is 0 Å². The second-order valence-corrected chi connectivity index (χ2v) is 7.63. The molecule has 7 heteroatoms. The van der Waals surface area contributed by atoms with Crippen molar-refractivity contribution in [3.63, 3.8) is 0 Å². The predicted molar refractivity (Wildman–Crippen MR) is 96.8 cm³/mol. The molecule has 0 aliphatic carbocycles. The fourth-order valence-corrected chi connectivity index (χ4v) is 4.78. The van der Waals surface area contributed by atoms with Gasteiger partial charge < -0.3 is 14.8 Å². The van der Waals surface area contributed by atoms with Crippen molar-refractivity contribution < 1.29 is 14.7 Å². The highest BCUT2D eigenvalue weighted by molar-refractivity contribution is 9.10. The predicted octanol–water partition coefficient (Wildman–Crippen LogP) is 3.55. The quantitative estimate of drug-likeness (QED) is 0.802. The molecule has 1 aromatic carbocycles. The van der Waals surface area contributed by atoms with E-state index in [4.69, 9.17) is 16.4 Å². The van der Waals surface area contributed by atoms with E-state index in [1.165, 1.54) is 0 Å². The number of aliphatic hydroxyl groups excluding tert-OH is 1. The monoisotopic (exact) mass is 414 g/mol. The van der Waals surface area contributed by atoms with Gasteiger partial charge in [-0.05, 0) is 37.5 Å². The second-order valence-electron chi connectivity index (χ2n) is 6.31. The van der Waals surface area contributed by atoms with E-state index in [-0.39, 0.29) is 11.7 Å². The van der Waals surface area contributed by atoms with E-state index in [9.17, 15) is 9.90 Å². The lowest BCUT2D eigenvalue weighted by Crippen LogP contribution is -2.53. The molecular weight excluding hydrogens is 396 g/mol. The molecule has 24 heavy (non-hydrogen) atoms. The van der Waals surface area contributed by atoms with Gasteiger partial charge in [-0.3, -0.25) is 4.79 Å². The van der Waals surface area contributed by atoms with Crippen molar-refractivity contribution in [3.8, 4) is 0 Å². The van der Waals surface area contributed by atoms with Crippen LogP contribution in [0.25, 0.3) is 5.57 Å². The van der Waals surface area contributed by atoms with Gasteiger partial charge >= 0.3 is 0 Å². The largest absolute Gasteiger partial charge is 0.509 e. The molecule has 1 N–H and O–H groups in total. The van der Waals surface area contributed by atoms with Gasteiger partial charge in [-0.25, -0.2) is 0 Å². The number of likely N-dealkylation sites (N-methyl/N-ethyl adjacent to an activating group) is 1. The number of hydroxylamine groups is 2. The minimum atomic E-state index is -0.676. The minimum absolute atomic E-state index is 0.123. The summed E-state index contributed by atoms with van der Waals surface area (Å²) in [6.07, 6.45) is 1.23. The van der Waals surface area contributed by atoms with Gasteiger partial charge in [-0.2, -0.15) is 5.06 Å². The number of nitrogens with zero attached hydrogens (tertiary/aromatic N) is 2. The summed E-state index contributed by atoms with van der Waals surface area (Å²) >= 11 is 9.80. The molecule has 1 spiro atoms. The molecular formula is C17H20BrClN2O3. The summed E-state index contributed by atoms with van der Waals surface area (Å²) in [4.78, 5) is 19.8. The molecule has 2 aliphatic heterocycles. The van der Waals surface area contributed by atoms with Crippen LogP contribution in [0, 0.1) is 6.92 Å². The molecule has 130 valence electrons. The van der Waals surface area contributed by atoms with E-state index in [0.717, 1.165) is 10.0 Å². The summed E-state index contributed by atoms with van der Waals surface area (Å²) < 4.78 is 0.843. The van der Waals surface area contributed by atoms with Crippen LogP contribution in [-0.4, -0.2) is 53.8 Å². The van der Waals surface area contributed by atoms with Crippen LogP contribution in [0.1, 0.15) is 24.0 Å². The number of piperidine rings is 1. The van der Waals surface area contributed by atoms with E-state index >= 15 is 0 Å². The normalized spacial score (nSPS) is 21.2. The fourth-order valence-electron chi connectivity index (χ4n) is 3.71. The lowest BCUT2D eigenvalue weighted by molar-refractivity contribution is -0.162. The summed E-state index contributed by atoms with van der Waals surface area (Å²) in [7, 11) is 3.38. The molecule has 0 saturated carbocycles. The van der Waals surface area contributed by atoms with Gasteiger partial charge in [-0.15, -0.1) is 0 Å². The van der Waals surface area contributed by atoms with Crippen molar-refractivity contribution in [2.45, 2.75) is 25.3 Å². The lowest BCUT2D eigenvalue weighted by atomic mass is 9.85. The van der Waals surface area contributed by atoms with Crippen molar-refractivity contribution in [2.75, 3.05) is 27.2 Å². The zero-order chi connectivity index (χ0) is 17.6. The highest BCUT2D eigenvalue weighted by atomic mass is 79.9. The number of halogens is 2. The van der Waals surface area contributed by atoms with E-state index in [0.29, 0.717) is 42.1 Å². The van der Waals surface area contributed by atoms with Crippen LogP contribution in [0.5, 0.6) is 0 Å². The fraction of sp³-hybridized carbons (Fsp3) is 0.471. The number of hydrogen-bond donors (Lipinski definition) is 1. The number of amides is 1. The van der Waals surface area contributed by atoms with Crippen LogP contribution in [0.2, 0.25) is 5.02 Å².